The van der Waals surface area contributed by atoms with Crippen molar-refractivity contribution in [2.24, 2.45) is 5.41 Å². The molecule has 2 aliphatic heterocycles. The van der Waals surface area contributed by atoms with E-state index in [1.807, 2.05) is 26.8 Å². The third-order valence-corrected chi connectivity index (χ3v) is 6.94. The van der Waals surface area contributed by atoms with E-state index < -0.39 is 17.1 Å². The lowest BCUT2D eigenvalue weighted by atomic mass is 9.90. The molecule has 0 saturated heterocycles. The Labute approximate surface area is 230 Å². The Morgan fingerprint density at radius 1 is 1.15 bits per heavy atom. The molecule has 1 aromatic carbocycles. The second-order valence-corrected chi connectivity index (χ2v) is 10.4. The highest BCUT2D eigenvalue weighted by Crippen LogP contribution is 2.27. The Morgan fingerprint density at radius 3 is 2.62 bits per heavy atom. The zero-order valence-electron chi connectivity index (χ0n) is 23.7. The van der Waals surface area contributed by atoms with E-state index in [0.717, 1.165) is 54.2 Å². The van der Waals surface area contributed by atoms with Crippen LogP contribution in [-0.2, 0) is 30.7 Å². The first-order valence-electron chi connectivity index (χ1n) is 13.6. The highest BCUT2D eigenvalue weighted by atomic mass is 19.1. The lowest BCUT2D eigenvalue weighted by Crippen LogP contribution is -2.45. The fraction of sp³-hybridized carbons (Fsp3) is 0.467. The fourth-order valence-electron chi connectivity index (χ4n) is 4.66. The highest BCUT2D eigenvalue weighted by molar-refractivity contribution is 5.96. The van der Waals surface area contributed by atoms with Gasteiger partial charge in [0.15, 0.2) is 5.82 Å². The molecule has 4 rings (SSSR count). The van der Waals surface area contributed by atoms with Gasteiger partial charge >= 0.3 is 0 Å². The van der Waals surface area contributed by atoms with E-state index in [4.69, 9.17) is 0 Å². The van der Waals surface area contributed by atoms with Crippen molar-refractivity contribution >= 4 is 17.4 Å². The van der Waals surface area contributed by atoms with Crippen molar-refractivity contribution in [3.8, 4) is 0 Å². The van der Waals surface area contributed by atoms with E-state index in [1.165, 1.54) is 12.1 Å². The molecule has 0 spiro atoms. The summed E-state index contributed by atoms with van der Waals surface area (Å²) in [5.74, 6) is 0.438. The molecular formula is C30H40FN5O3. The standard InChI is InChI=1S/C28H34FN5O3.C2H6/c1-18(25-32-31-24-10-5-6-12-34(24)25)8-7-9-19(2)30-26(36)22-14-21-16-33(27(37)28(3,4)17-35)13-11-20(21)15-23(22)29;1-2/h7-9,14-15,35H,2,5-6,10-13,16-17H2,1,3-4H3,(H,30,36);1-2H3/b9-7-,18-8+;. The van der Waals surface area contributed by atoms with Crippen molar-refractivity contribution in [1.82, 2.24) is 25.0 Å². The SMILES string of the molecule is C=C(/C=C\C=C(/C)c1nnc2n1CCCC2)NC(=O)c1cc2c(cc1F)CCN(C(=O)C(C)(C)CO)C2.CC. The first-order valence-corrected chi connectivity index (χ1v) is 13.6. The summed E-state index contributed by atoms with van der Waals surface area (Å²) in [5.41, 5.74) is 1.75. The molecule has 9 heteroatoms. The van der Waals surface area contributed by atoms with E-state index in [0.29, 0.717) is 18.7 Å². The molecule has 39 heavy (non-hydrogen) atoms. The number of hydrogen-bond acceptors (Lipinski definition) is 5. The number of nitrogens with zero attached hydrogens (tertiary/aromatic N) is 4. The Balaban J connectivity index is 0.00000205. The number of hydrogen-bond donors (Lipinski definition) is 2. The smallest absolute Gasteiger partial charge is 0.258 e. The van der Waals surface area contributed by atoms with Crippen LogP contribution in [0, 0.1) is 11.2 Å². The van der Waals surface area contributed by atoms with Gasteiger partial charge in [-0.1, -0.05) is 32.6 Å². The Morgan fingerprint density at radius 2 is 1.90 bits per heavy atom. The van der Waals surface area contributed by atoms with E-state index >= 15 is 0 Å². The van der Waals surface area contributed by atoms with Crippen molar-refractivity contribution in [2.45, 2.75) is 73.4 Å². The van der Waals surface area contributed by atoms with Gasteiger partial charge in [0, 0.05) is 31.8 Å². The number of aromatic nitrogens is 3. The maximum Gasteiger partial charge on any atom is 0.258 e. The highest BCUT2D eigenvalue weighted by Gasteiger charge is 2.33. The second kappa shape index (κ2) is 13.0. The predicted molar refractivity (Wildman–Crippen MR) is 150 cm³/mol. The quantitative estimate of drug-likeness (QED) is 0.504. The van der Waals surface area contributed by atoms with Crippen LogP contribution < -0.4 is 5.32 Å². The molecule has 210 valence electrons. The van der Waals surface area contributed by atoms with Gasteiger partial charge in [0.05, 0.1) is 17.6 Å². The summed E-state index contributed by atoms with van der Waals surface area (Å²) in [5, 5.41) is 20.7. The third kappa shape index (κ3) is 6.89. The van der Waals surface area contributed by atoms with E-state index in [2.05, 4.69) is 26.7 Å². The zero-order chi connectivity index (χ0) is 28.7. The van der Waals surface area contributed by atoms with Crippen LogP contribution in [0.15, 0.2) is 42.6 Å². The number of benzene rings is 1. The summed E-state index contributed by atoms with van der Waals surface area (Å²) in [6.07, 6.45) is 8.94. The number of nitrogens with one attached hydrogen (secondary N) is 1. The number of fused-ring (bicyclic) bond motifs is 2. The summed E-state index contributed by atoms with van der Waals surface area (Å²) < 4.78 is 16.9. The molecule has 0 atom stereocenters. The monoisotopic (exact) mass is 537 g/mol. The Kier molecular flexibility index (Phi) is 9.97. The average molecular weight is 538 g/mol. The molecule has 2 aliphatic rings. The van der Waals surface area contributed by atoms with Gasteiger partial charge in [0.1, 0.15) is 11.6 Å². The maximum atomic E-state index is 14.8. The first-order chi connectivity index (χ1) is 18.6. The molecule has 0 radical (unpaired) electrons. The molecule has 0 saturated carbocycles. The van der Waals surface area contributed by atoms with Crippen molar-refractivity contribution in [1.29, 1.82) is 0 Å². The van der Waals surface area contributed by atoms with Gasteiger partial charge in [-0.15, -0.1) is 10.2 Å². The number of carbonyl (C=O) groups is 2. The molecule has 0 aliphatic carbocycles. The van der Waals surface area contributed by atoms with Gasteiger partial charge in [-0.25, -0.2) is 4.39 Å². The maximum absolute atomic E-state index is 14.8. The third-order valence-electron chi connectivity index (χ3n) is 6.94. The van der Waals surface area contributed by atoms with Crippen LogP contribution in [-0.4, -0.2) is 49.7 Å². The average Bonchev–Trinajstić information content (AvgIpc) is 3.37. The number of halogens is 1. The summed E-state index contributed by atoms with van der Waals surface area (Å²) in [7, 11) is 0. The van der Waals surface area contributed by atoms with Crippen LogP contribution in [0.25, 0.3) is 5.57 Å². The molecule has 0 bridgehead atoms. The van der Waals surface area contributed by atoms with Gasteiger partial charge in [-0.2, -0.15) is 0 Å². The van der Waals surface area contributed by atoms with Crippen LogP contribution in [0.3, 0.4) is 0 Å². The number of aliphatic hydroxyl groups is 1. The molecule has 2 N–H and O–H groups in total. The summed E-state index contributed by atoms with van der Waals surface area (Å²) in [6.45, 7) is 14.5. The lowest BCUT2D eigenvalue weighted by Gasteiger charge is -2.34. The molecule has 8 nitrogen and oxygen atoms in total. The van der Waals surface area contributed by atoms with Crippen molar-refractivity contribution < 1.29 is 19.1 Å². The summed E-state index contributed by atoms with van der Waals surface area (Å²) in [4.78, 5) is 27.2. The number of allylic oxidation sites excluding steroid dienone is 4. The minimum Gasteiger partial charge on any atom is -0.395 e. The summed E-state index contributed by atoms with van der Waals surface area (Å²) >= 11 is 0. The topological polar surface area (TPSA) is 100 Å². The van der Waals surface area contributed by atoms with Crippen molar-refractivity contribution in [3.05, 3.63) is 76.8 Å². The number of rotatable bonds is 7. The van der Waals surface area contributed by atoms with Crippen LogP contribution in [0.5, 0.6) is 0 Å². The Hall–Kier alpha value is -3.59. The molecule has 2 amide bonds. The van der Waals surface area contributed by atoms with Crippen molar-refractivity contribution in [2.75, 3.05) is 13.2 Å². The van der Waals surface area contributed by atoms with Crippen molar-refractivity contribution in [3.63, 3.8) is 0 Å². The first kappa shape index (κ1) is 30.0. The normalized spacial score (nSPS) is 15.3. The van der Waals surface area contributed by atoms with E-state index in [9.17, 15) is 19.1 Å². The molecule has 1 aromatic heterocycles. The largest absolute Gasteiger partial charge is 0.395 e. The number of amides is 2. The van der Waals surface area contributed by atoms with Crippen LogP contribution in [0.4, 0.5) is 4.39 Å². The minimum atomic E-state index is -0.901. The molecule has 0 unspecified atom stereocenters. The van der Waals surface area contributed by atoms with E-state index in [1.54, 1.807) is 30.9 Å². The van der Waals surface area contributed by atoms with E-state index in [-0.39, 0.29) is 24.6 Å². The predicted octanol–water partition coefficient (Wildman–Crippen LogP) is 4.59. The fourth-order valence-corrected chi connectivity index (χ4v) is 4.66. The van der Waals surface area contributed by atoms with Gasteiger partial charge in [-0.3, -0.25) is 9.59 Å². The zero-order valence-corrected chi connectivity index (χ0v) is 23.7. The van der Waals surface area contributed by atoms with Gasteiger partial charge < -0.3 is 19.9 Å². The molecule has 3 heterocycles. The van der Waals surface area contributed by atoms with Gasteiger partial charge in [-0.05, 0) is 74.9 Å². The molecule has 2 aromatic rings. The van der Waals surface area contributed by atoms with Crippen LogP contribution in [0.1, 0.15) is 80.6 Å². The second-order valence-electron chi connectivity index (χ2n) is 10.4. The van der Waals surface area contributed by atoms with Gasteiger partial charge in [0.2, 0.25) is 5.91 Å². The minimum absolute atomic E-state index is 0.106. The molecule has 0 fully saturated rings. The van der Waals surface area contributed by atoms with Crippen LogP contribution in [0.2, 0.25) is 0 Å². The number of aryl methyl sites for hydroxylation is 1. The Bertz CT molecular complexity index is 1290. The molecular weight excluding hydrogens is 497 g/mol. The van der Waals surface area contributed by atoms with Gasteiger partial charge in [0.25, 0.3) is 5.91 Å². The number of aliphatic hydroxyl groups excluding tert-OH is 1. The summed E-state index contributed by atoms with van der Waals surface area (Å²) in [6, 6.07) is 2.87. The lowest BCUT2D eigenvalue weighted by molar-refractivity contribution is -0.143. The van der Waals surface area contributed by atoms with Crippen LogP contribution >= 0.6 is 0 Å². The number of carbonyl (C=O) groups excluding carboxylic acids is 2.